The van der Waals surface area contributed by atoms with Gasteiger partial charge in [-0.15, -0.1) is 0 Å². The summed E-state index contributed by atoms with van der Waals surface area (Å²) in [5.41, 5.74) is 1.41. The summed E-state index contributed by atoms with van der Waals surface area (Å²) in [5.74, 6) is 15.2. The molecule has 2 saturated carbocycles. The van der Waals surface area contributed by atoms with E-state index in [1.807, 2.05) is 86.6 Å². The second-order valence-corrected chi connectivity index (χ2v) is 15.6. The number of ether oxygens (including phenoxy) is 5. The summed E-state index contributed by atoms with van der Waals surface area (Å²) in [4.78, 5) is 8.76. The van der Waals surface area contributed by atoms with Gasteiger partial charge in [0.2, 0.25) is 0 Å². The van der Waals surface area contributed by atoms with Crippen LogP contribution in [0.5, 0.6) is 23.0 Å². The van der Waals surface area contributed by atoms with E-state index in [2.05, 4.69) is 81.4 Å². The van der Waals surface area contributed by atoms with Gasteiger partial charge in [-0.1, -0.05) is 59.6 Å². The molecule has 2 unspecified atom stereocenters. The molecule has 2 heterocycles. The molecule has 0 saturated heterocycles. The molecule has 0 amide bonds. The number of aromatic nitrogens is 2. The average molecular weight is 946 g/mol. The molecule has 0 radical (unpaired) electrons. The van der Waals surface area contributed by atoms with Crippen LogP contribution in [0.1, 0.15) is 50.9 Å². The standard InChI is InChI=1S/C21H22BrNO4.C19H17Br2NO2.C2H6O2/c1-15(25-11-10-24)2-5-17-6-9-19(14-23-17)27-21-12-20(13-21)26-18-7-3-16(22)4-8-18;1-13(20)2-5-15-6-9-17(12-22-15)24-19-10-18(11-19)23-16-7-3-14(21)4-8-16;3-1-2-4/h3-4,6-9,14-15,20-21,24H,10-13H2,1H3;3-4,6-9,12-13,18-19H,10-11H2,1H3;3-4H,1-2H2. The molecule has 2 fully saturated rings. The Morgan fingerprint density at radius 2 is 0.964 bits per heavy atom. The van der Waals surface area contributed by atoms with Crippen molar-refractivity contribution in [1.82, 2.24) is 9.97 Å². The Morgan fingerprint density at radius 3 is 1.31 bits per heavy atom. The van der Waals surface area contributed by atoms with Crippen molar-refractivity contribution < 1.29 is 39.0 Å². The van der Waals surface area contributed by atoms with Gasteiger partial charge in [-0.25, -0.2) is 9.97 Å². The fraction of sp³-hybridized carbons (Fsp3) is 0.381. The fourth-order valence-corrected chi connectivity index (χ4v) is 5.53. The monoisotopic (exact) mass is 942 g/mol. The van der Waals surface area contributed by atoms with Crippen molar-refractivity contribution in [3.63, 3.8) is 0 Å². The molecule has 292 valence electrons. The van der Waals surface area contributed by atoms with Gasteiger partial charge in [0.15, 0.2) is 0 Å². The third-order valence-corrected chi connectivity index (χ3v) is 9.06. The molecule has 0 aliphatic heterocycles. The number of hydrogen-bond donors (Lipinski definition) is 3. The highest BCUT2D eigenvalue weighted by Gasteiger charge is 2.33. The van der Waals surface area contributed by atoms with E-state index >= 15 is 0 Å². The number of halogens is 3. The molecule has 4 aromatic rings. The van der Waals surface area contributed by atoms with E-state index in [9.17, 15) is 0 Å². The Hall–Kier alpha value is -3.66. The predicted octanol–water partition coefficient (Wildman–Crippen LogP) is 7.52. The third-order valence-electron chi connectivity index (χ3n) is 7.78. The lowest BCUT2D eigenvalue weighted by Crippen LogP contribution is -2.41. The number of aliphatic hydroxyl groups is 3. The van der Waals surface area contributed by atoms with Gasteiger partial charge in [-0.2, -0.15) is 0 Å². The number of rotatable bonds is 12. The zero-order valence-electron chi connectivity index (χ0n) is 30.6. The number of nitrogens with zero attached hydrogens (tertiary/aromatic N) is 2. The van der Waals surface area contributed by atoms with Crippen molar-refractivity contribution in [2.45, 2.75) is 74.9 Å². The van der Waals surface area contributed by atoms with E-state index in [1.165, 1.54) is 0 Å². The lowest BCUT2D eigenvalue weighted by Gasteiger charge is -2.35. The molecular weight excluding hydrogens is 900 g/mol. The number of hydrogen-bond acceptors (Lipinski definition) is 10. The first-order chi connectivity index (χ1) is 26.6. The molecule has 2 aromatic heterocycles. The maximum Gasteiger partial charge on any atom is 0.138 e. The Kier molecular flexibility index (Phi) is 19.3. The first-order valence-electron chi connectivity index (χ1n) is 17.8. The molecule has 2 atom stereocenters. The maximum atomic E-state index is 8.72. The van der Waals surface area contributed by atoms with Crippen LogP contribution in [-0.4, -0.2) is 87.1 Å². The molecule has 2 aromatic carbocycles. The van der Waals surface area contributed by atoms with Gasteiger partial charge >= 0.3 is 0 Å². The molecule has 6 rings (SSSR count). The van der Waals surface area contributed by atoms with Crippen LogP contribution in [0.25, 0.3) is 0 Å². The Balaban J connectivity index is 0.000000224. The molecule has 10 nitrogen and oxygen atoms in total. The van der Waals surface area contributed by atoms with Crippen molar-refractivity contribution in [3.8, 4) is 46.7 Å². The quantitative estimate of drug-likeness (QED) is 0.0969. The summed E-state index contributed by atoms with van der Waals surface area (Å²) in [6.45, 7) is 3.84. The molecule has 2 aliphatic carbocycles. The lowest BCUT2D eigenvalue weighted by molar-refractivity contribution is 0.00402. The first kappa shape index (κ1) is 44.1. The number of pyridine rings is 2. The molecule has 2 aliphatic rings. The normalized spacial score (nSPS) is 18.9. The van der Waals surface area contributed by atoms with Crippen LogP contribution in [0.2, 0.25) is 0 Å². The summed E-state index contributed by atoms with van der Waals surface area (Å²) < 4.78 is 31.0. The number of aliphatic hydroxyl groups excluding tert-OH is 3. The molecule has 13 heteroatoms. The summed E-state index contributed by atoms with van der Waals surface area (Å²) in [6.07, 6.45) is 7.41. The van der Waals surface area contributed by atoms with E-state index < -0.39 is 0 Å². The van der Waals surface area contributed by atoms with Gasteiger partial charge in [-0.3, -0.25) is 0 Å². The molecule has 3 N–H and O–H groups in total. The van der Waals surface area contributed by atoms with E-state index in [4.69, 9.17) is 39.0 Å². The zero-order chi connectivity index (χ0) is 39.4. The molecule has 0 spiro atoms. The molecular formula is C42H45Br3N2O8. The van der Waals surface area contributed by atoms with Crippen LogP contribution >= 0.6 is 47.8 Å². The summed E-state index contributed by atoms with van der Waals surface area (Å²) >= 11 is 10.2. The van der Waals surface area contributed by atoms with Crippen LogP contribution in [0.3, 0.4) is 0 Å². The fourth-order valence-electron chi connectivity index (χ4n) is 4.88. The van der Waals surface area contributed by atoms with E-state index in [0.717, 1.165) is 63.3 Å². The number of benzene rings is 2. The van der Waals surface area contributed by atoms with Gasteiger partial charge in [0.1, 0.15) is 64.9 Å². The Morgan fingerprint density at radius 1 is 0.582 bits per heavy atom. The van der Waals surface area contributed by atoms with Crippen molar-refractivity contribution in [2.75, 3.05) is 26.4 Å². The largest absolute Gasteiger partial charge is 0.490 e. The van der Waals surface area contributed by atoms with Crippen molar-refractivity contribution in [1.29, 1.82) is 0 Å². The first-order valence-corrected chi connectivity index (χ1v) is 20.3. The van der Waals surface area contributed by atoms with Crippen LogP contribution in [0.4, 0.5) is 0 Å². The summed E-state index contributed by atoms with van der Waals surface area (Å²) in [7, 11) is 0. The highest BCUT2D eigenvalue weighted by Crippen LogP contribution is 2.31. The predicted molar refractivity (Wildman–Crippen MR) is 222 cm³/mol. The van der Waals surface area contributed by atoms with E-state index in [0.29, 0.717) is 5.69 Å². The smallest absolute Gasteiger partial charge is 0.138 e. The SMILES string of the molecule is CC(Br)C#Cc1ccc(OC2CC(Oc3ccc(Br)cc3)C2)cn1.CC(C#Cc1ccc(OC2CC(Oc3ccc(Br)cc3)C2)cn1)OCCO.OCCO. The summed E-state index contributed by atoms with van der Waals surface area (Å²) in [6, 6.07) is 23.2. The van der Waals surface area contributed by atoms with Crippen LogP contribution in [0.15, 0.2) is 94.1 Å². The van der Waals surface area contributed by atoms with Gasteiger partial charge in [0.05, 0.1) is 43.6 Å². The lowest BCUT2D eigenvalue weighted by atomic mass is 9.92. The van der Waals surface area contributed by atoms with Crippen LogP contribution < -0.4 is 18.9 Å². The van der Waals surface area contributed by atoms with E-state index in [1.54, 1.807) is 12.4 Å². The minimum atomic E-state index is -0.243. The van der Waals surface area contributed by atoms with Crippen molar-refractivity contribution >= 4 is 47.8 Å². The second kappa shape index (κ2) is 24.1. The topological polar surface area (TPSA) is 133 Å². The van der Waals surface area contributed by atoms with Gasteiger partial charge < -0.3 is 39.0 Å². The Bertz CT molecular complexity index is 1810. The highest BCUT2D eigenvalue weighted by molar-refractivity contribution is 9.10. The molecule has 55 heavy (non-hydrogen) atoms. The third kappa shape index (κ3) is 16.9. The highest BCUT2D eigenvalue weighted by atomic mass is 79.9. The van der Waals surface area contributed by atoms with Crippen LogP contribution in [-0.2, 0) is 4.74 Å². The van der Waals surface area contributed by atoms with Crippen molar-refractivity contribution in [3.05, 3.63) is 106 Å². The number of alkyl halides is 1. The Labute approximate surface area is 348 Å². The minimum absolute atomic E-state index is 0.00744. The van der Waals surface area contributed by atoms with Gasteiger partial charge in [-0.05, 0) is 98.5 Å². The van der Waals surface area contributed by atoms with Gasteiger partial charge in [0, 0.05) is 34.6 Å². The van der Waals surface area contributed by atoms with Crippen molar-refractivity contribution in [2.24, 2.45) is 0 Å². The minimum Gasteiger partial charge on any atom is -0.490 e. The molecule has 0 bridgehead atoms. The average Bonchev–Trinajstić information content (AvgIpc) is 3.16. The zero-order valence-corrected chi connectivity index (χ0v) is 35.4. The van der Waals surface area contributed by atoms with Gasteiger partial charge in [0.25, 0.3) is 0 Å². The second-order valence-electron chi connectivity index (χ2n) is 12.4. The summed E-state index contributed by atoms with van der Waals surface area (Å²) in [5, 5.41) is 24.0. The van der Waals surface area contributed by atoms with Crippen LogP contribution in [0, 0.1) is 23.7 Å². The van der Waals surface area contributed by atoms with E-state index in [-0.39, 0.29) is 61.8 Å². The maximum absolute atomic E-state index is 8.72.